The second-order valence-electron chi connectivity index (χ2n) is 8.03. The van der Waals surface area contributed by atoms with Gasteiger partial charge in [-0.05, 0) is 36.3 Å². The zero-order valence-corrected chi connectivity index (χ0v) is 21.0. The van der Waals surface area contributed by atoms with Gasteiger partial charge in [0.2, 0.25) is 0 Å². The van der Waals surface area contributed by atoms with E-state index in [1.165, 1.54) is 32.1 Å². The number of thiazole rings is 1. The number of benzene rings is 2. The lowest BCUT2D eigenvalue weighted by Gasteiger charge is -2.25. The quantitative estimate of drug-likeness (QED) is 0.345. The van der Waals surface area contributed by atoms with Crippen LogP contribution in [0.1, 0.15) is 39.5 Å². The van der Waals surface area contributed by atoms with Crippen molar-refractivity contribution in [2.75, 3.05) is 19.1 Å². The fraction of sp³-hybridized carbons (Fsp3) is 0.185. The fourth-order valence-electron chi connectivity index (χ4n) is 4.03. The van der Waals surface area contributed by atoms with Gasteiger partial charge < -0.3 is 14.6 Å². The third-order valence-electron chi connectivity index (χ3n) is 5.73. The third-order valence-corrected chi connectivity index (χ3v) is 6.99. The summed E-state index contributed by atoms with van der Waals surface area (Å²) < 4.78 is 10.7. The molecule has 1 atom stereocenters. The first-order valence-corrected chi connectivity index (χ1v) is 11.8. The number of carbonyl (C=O) groups is 3. The largest absolute Gasteiger partial charge is 0.503 e. The minimum absolute atomic E-state index is 0.100. The molecular weight excluding hydrogens is 480 g/mol. The van der Waals surface area contributed by atoms with E-state index in [2.05, 4.69) is 4.98 Å². The highest BCUT2D eigenvalue weighted by Crippen LogP contribution is 2.44. The van der Waals surface area contributed by atoms with Crippen LogP contribution in [0.15, 0.2) is 65.9 Å². The number of aliphatic hydroxyl groups is 1. The monoisotopic (exact) mass is 504 g/mol. The molecule has 0 spiro atoms. The van der Waals surface area contributed by atoms with Gasteiger partial charge in [-0.25, -0.2) is 4.98 Å². The summed E-state index contributed by atoms with van der Waals surface area (Å²) in [4.78, 5) is 44.8. The molecule has 0 saturated heterocycles. The van der Waals surface area contributed by atoms with Gasteiger partial charge >= 0.3 is 0 Å². The highest BCUT2D eigenvalue weighted by atomic mass is 32.1. The molecule has 1 aliphatic heterocycles. The van der Waals surface area contributed by atoms with Crippen molar-refractivity contribution in [3.8, 4) is 11.5 Å². The number of anilines is 1. The molecule has 1 amide bonds. The van der Waals surface area contributed by atoms with E-state index in [1.807, 2.05) is 30.3 Å². The standard InChI is InChI=1S/C27H24N2O6S/c1-15-25(16(2)30)36-27(28-15)29-23(18-11-13-20(34-3)21(14-18)35-4)22(24(32)26(29)33)19(31)12-10-17-8-6-5-7-9-17/h5-14,23,32H,1-4H3. The van der Waals surface area contributed by atoms with Crippen molar-refractivity contribution in [2.45, 2.75) is 19.9 Å². The van der Waals surface area contributed by atoms with Gasteiger partial charge in [0.25, 0.3) is 5.91 Å². The Hall–Kier alpha value is -4.24. The van der Waals surface area contributed by atoms with Crippen LogP contribution in [-0.4, -0.2) is 41.8 Å². The SMILES string of the molecule is COc1ccc(C2C(C(=O)C=Cc3ccccc3)=C(O)C(=O)N2c2nc(C)c(C(C)=O)s2)cc1OC. The minimum Gasteiger partial charge on any atom is -0.503 e. The summed E-state index contributed by atoms with van der Waals surface area (Å²) in [7, 11) is 2.98. The van der Waals surface area contributed by atoms with Crippen molar-refractivity contribution < 1.29 is 29.0 Å². The number of amides is 1. The summed E-state index contributed by atoms with van der Waals surface area (Å²) >= 11 is 1.03. The van der Waals surface area contributed by atoms with Crippen LogP contribution >= 0.6 is 11.3 Å². The maximum Gasteiger partial charge on any atom is 0.296 e. The predicted octanol–water partition coefficient (Wildman–Crippen LogP) is 4.85. The van der Waals surface area contributed by atoms with Crippen molar-refractivity contribution in [3.63, 3.8) is 0 Å². The number of ketones is 2. The van der Waals surface area contributed by atoms with Crippen molar-refractivity contribution >= 4 is 40.0 Å². The Labute approximate surface area is 212 Å². The van der Waals surface area contributed by atoms with Crippen LogP contribution in [0.3, 0.4) is 0 Å². The molecule has 0 fully saturated rings. The maximum absolute atomic E-state index is 13.4. The van der Waals surface area contributed by atoms with Crippen LogP contribution in [0.2, 0.25) is 0 Å². The number of hydrogen-bond acceptors (Lipinski definition) is 8. The second-order valence-corrected chi connectivity index (χ2v) is 9.01. The summed E-state index contributed by atoms with van der Waals surface area (Å²) in [5.74, 6) is -1.33. The van der Waals surface area contributed by atoms with E-state index in [0.717, 1.165) is 16.9 Å². The number of aliphatic hydroxyl groups excluding tert-OH is 1. The van der Waals surface area contributed by atoms with E-state index in [-0.39, 0.29) is 16.5 Å². The molecule has 0 aliphatic carbocycles. The van der Waals surface area contributed by atoms with Crippen LogP contribution in [0.5, 0.6) is 11.5 Å². The zero-order chi connectivity index (χ0) is 26.0. The van der Waals surface area contributed by atoms with Gasteiger partial charge in [-0.2, -0.15) is 0 Å². The minimum atomic E-state index is -1.00. The Morgan fingerprint density at radius 1 is 1.08 bits per heavy atom. The van der Waals surface area contributed by atoms with Gasteiger partial charge in [0.1, 0.15) is 0 Å². The first-order valence-electron chi connectivity index (χ1n) is 11.0. The van der Waals surface area contributed by atoms with Crippen LogP contribution in [0, 0.1) is 6.92 Å². The topological polar surface area (TPSA) is 106 Å². The number of methoxy groups -OCH3 is 2. The summed E-state index contributed by atoms with van der Waals surface area (Å²) in [6, 6.07) is 13.2. The molecule has 1 unspecified atom stereocenters. The van der Waals surface area contributed by atoms with E-state index in [9.17, 15) is 19.5 Å². The molecule has 1 aromatic heterocycles. The van der Waals surface area contributed by atoms with Gasteiger partial charge in [-0.3, -0.25) is 19.3 Å². The summed E-state index contributed by atoms with van der Waals surface area (Å²) in [6.07, 6.45) is 2.93. The second kappa shape index (κ2) is 10.2. The highest BCUT2D eigenvalue weighted by Gasteiger charge is 2.45. The average molecular weight is 505 g/mol. The average Bonchev–Trinajstić information content (AvgIpc) is 3.39. The molecule has 1 aliphatic rings. The van der Waals surface area contributed by atoms with Gasteiger partial charge in [0.15, 0.2) is 34.0 Å². The Morgan fingerprint density at radius 3 is 2.39 bits per heavy atom. The van der Waals surface area contributed by atoms with Crippen LogP contribution < -0.4 is 14.4 Å². The molecule has 4 rings (SSSR count). The predicted molar refractivity (Wildman–Crippen MR) is 137 cm³/mol. The Kier molecular flexibility index (Phi) is 7.03. The number of rotatable bonds is 8. The number of Topliss-reactive ketones (excluding diaryl/α,β-unsaturated/α-hetero) is 1. The lowest BCUT2D eigenvalue weighted by Crippen LogP contribution is -2.30. The first-order chi connectivity index (χ1) is 17.3. The van der Waals surface area contributed by atoms with Crippen LogP contribution in [0.25, 0.3) is 6.08 Å². The number of ether oxygens (including phenoxy) is 2. The molecular formula is C27H24N2O6S. The number of aryl methyl sites for hydroxylation is 1. The van der Waals surface area contributed by atoms with Crippen molar-refractivity contribution in [2.24, 2.45) is 0 Å². The Balaban J connectivity index is 1.85. The lowest BCUT2D eigenvalue weighted by atomic mass is 9.95. The number of allylic oxidation sites excluding steroid dienone is 1. The smallest absolute Gasteiger partial charge is 0.296 e. The normalized spacial score (nSPS) is 15.6. The van der Waals surface area contributed by atoms with E-state index < -0.39 is 23.5 Å². The number of carbonyl (C=O) groups excluding carboxylic acids is 3. The molecule has 8 nitrogen and oxygen atoms in total. The van der Waals surface area contributed by atoms with Gasteiger partial charge in [-0.1, -0.05) is 53.8 Å². The Morgan fingerprint density at radius 2 is 1.78 bits per heavy atom. The summed E-state index contributed by atoms with van der Waals surface area (Å²) in [5, 5.41) is 11.1. The zero-order valence-electron chi connectivity index (χ0n) is 20.1. The molecule has 9 heteroatoms. The molecule has 0 radical (unpaired) electrons. The first kappa shape index (κ1) is 24.9. The van der Waals surface area contributed by atoms with Crippen molar-refractivity contribution in [3.05, 3.63) is 87.6 Å². The van der Waals surface area contributed by atoms with Crippen LogP contribution in [-0.2, 0) is 9.59 Å². The molecule has 2 aromatic carbocycles. The van der Waals surface area contributed by atoms with Crippen molar-refractivity contribution in [1.82, 2.24) is 4.98 Å². The van der Waals surface area contributed by atoms with Crippen LogP contribution in [0.4, 0.5) is 5.13 Å². The summed E-state index contributed by atoms with van der Waals surface area (Å²) in [5.41, 5.74) is 1.65. The molecule has 0 bridgehead atoms. The van der Waals surface area contributed by atoms with E-state index in [0.29, 0.717) is 27.6 Å². The fourth-order valence-corrected chi connectivity index (χ4v) is 5.02. The number of nitrogens with zero attached hydrogens (tertiary/aromatic N) is 2. The van der Waals surface area contributed by atoms with Gasteiger partial charge in [-0.15, -0.1) is 0 Å². The molecule has 3 aromatic rings. The molecule has 2 heterocycles. The third kappa shape index (κ3) is 4.52. The van der Waals surface area contributed by atoms with E-state index >= 15 is 0 Å². The van der Waals surface area contributed by atoms with Gasteiger partial charge in [0, 0.05) is 6.92 Å². The highest BCUT2D eigenvalue weighted by molar-refractivity contribution is 7.17. The Bertz CT molecular complexity index is 1410. The molecule has 184 valence electrons. The maximum atomic E-state index is 13.4. The van der Waals surface area contributed by atoms with E-state index in [4.69, 9.17) is 9.47 Å². The number of hydrogen-bond donors (Lipinski definition) is 1. The van der Waals surface area contributed by atoms with Crippen molar-refractivity contribution in [1.29, 1.82) is 0 Å². The van der Waals surface area contributed by atoms with E-state index in [1.54, 1.807) is 31.2 Å². The molecule has 36 heavy (non-hydrogen) atoms. The van der Waals surface area contributed by atoms with Gasteiger partial charge in [0.05, 0.1) is 36.4 Å². The summed E-state index contributed by atoms with van der Waals surface area (Å²) in [6.45, 7) is 3.09. The molecule has 1 N–H and O–H groups in total. The number of aromatic nitrogens is 1. The lowest BCUT2D eigenvalue weighted by molar-refractivity contribution is -0.117. The molecule has 0 saturated carbocycles.